The molecule has 0 aliphatic carbocycles. The first-order chi connectivity index (χ1) is 19.7. The number of aromatic amines is 2. The highest BCUT2D eigenvalue weighted by Crippen LogP contribution is 2.39. The van der Waals surface area contributed by atoms with E-state index in [2.05, 4.69) is 15.0 Å². The van der Waals surface area contributed by atoms with Gasteiger partial charge in [-0.1, -0.05) is 12.1 Å². The summed E-state index contributed by atoms with van der Waals surface area (Å²) >= 11 is 0. The van der Waals surface area contributed by atoms with E-state index in [0.717, 1.165) is 5.56 Å². The van der Waals surface area contributed by atoms with Crippen LogP contribution < -0.4 is 20.3 Å². The van der Waals surface area contributed by atoms with Crippen LogP contribution in [-0.2, 0) is 9.53 Å². The van der Waals surface area contributed by atoms with Crippen molar-refractivity contribution in [2.45, 2.75) is 19.8 Å². The molecule has 0 spiro atoms. The summed E-state index contributed by atoms with van der Waals surface area (Å²) in [6.07, 6.45) is 1.70. The Hall–Kier alpha value is -5.32. The van der Waals surface area contributed by atoms with E-state index < -0.39 is 16.8 Å². The van der Waals surface area contributed by atoms with Crippen LogP contribution in [0.1, 0.15) is 36.6 Å². The van der Waals surface area contributed by atoms with E-state index >= 15 is 0 Å². The molecular weight excluding hydrogens is 528 g/mol. The standard InChI is InChI=1S/C30H28N4O7/c1-5-41-30(36)25-16(2)31-29-27(26(25)17-6-10-20(39-3)11-7-17)28(35)23(33-29)14-18-8-12-22(32-18)21-15-19(34(37)38)9-13-24(21)40-4/h6-15,26,32,35H,5H2,1-4H3,(H,31,33). The summed E-state index contributed by atoms with van der Waals surface area (Å²) in [6.45, 7) is 3.66. The lowest BCUT2D eigenvalue weighted by molar-refractivity contribution is -0.384. The number of ether oxygens (including phenoxy) is 3. The molecule has 0 amide bonds. The van der Waals surface area contributed by atoms with E-state index in [-0.39, 0.29) is 18.0 Å². The van der Waals surface area contributed by atoms with E-state index in [4.69, 9.17) is 14.2 Å². The number of fused-ring (bicyclic) bond motifs is 1. The van der Waals surface area contributed by atoms with Gasteiger partial charge in [-0.15, -0.1) is 0 Å². The first-order valence-electron chi connectivity index (χ1n) is 12.8. The summed E-state index contributed by atoms with van der Waals surface area (Å²) in [5, 5.41) is 23.1. The normalized spacial score (nSPS) is 14.8. The molecule has 5 rings (SSSR count). The highest BCUT2D eigenvalue weighted by Gasteiger charge is 2.35. The number of aromatic nitrogens is 2. The summed E-state index contributed by atoms with van der Waals surface area (Å²) in [7, 11) is 3.06. The molecule has 11 nitrogen and oxygen atoms in total. The molecule has 0 fully saturated rings. The quantitative estimate of drug-likeness (QED) is 0.168. The number of allylic oxidation sites excluding steroid dienone is 1. The lowest BCUT2D eigenvalue weighted by Crippen LogP contribution is -2.26. The number of aromatic hydroxyl groups is 1. The number of H-pyrrole nitrogens is 2. The molecule has 2 aromatic carbocycles. The minimum atomic E-state index is -0.640. The van der Waals surface area contributed by atoms with Crippen LogP contribution in [0, 0.1) is 10.1 Å². The molecule has 0 bridgehead atoms. The van der Waals surface area contributed by atoms with Crippen LogP contribution in [0.2, 0.25) is 0 Å². The number of rotatable bonds is 8. The maximum Gasteiger partial charge on any atom is 0.336 e. The second kappa shape index (κ2) is 11.0. The zero-order valence-corrected chi connectivity index (χ0v) is 22.8. The third kappa shape index (κ3) is 5.05. The maximum atomic E-state index is 13.1. The number of hydrogen-bond acceptors (Lipinski definition) is 8. The molecule has 1 unspecified atom stereocenters. The van der Waals surface area contributed by atoms with Crippen molar-refractivity contribution in [3.05, 3.63) is 104 Å². The van der Waals surface area contributed by atoms with Crippen LogP contribution in [0.15, 0.2) is 70.9 Å². The van der Waals surface area contributed by atoms with Crippen LogP contribution in [0.25, 0.3) is 17.3 Å². The number of carbonyl (C=O) groups excluding carboxylic acids is 1. The van der Waals surface area contributed by atoms with Crippen LogP contribution in [0.5, 0.6) is 17.2 Å². The predicted octanol–water partition coefficient (Wildman–Crippen LogP) is 4.07. The Morgan fingerprint density at radius 1 is 1.10 bits per heavy atom. The van der Waals surface area contributed by atoms with Crippen molar-refractivity contribution >= 4 is 17.7 Å². The van der Waals surface area contributed by atoms with Crippen molar-refractivity contribution in [3.63, 3.8) is 0 Å². The Morgan fingerprint density at radius 2 is 1.85 bits per heavy atom. The van der Waals surface area contributed by atoms with Crippen molar-refractivity contribution < 1.29 is 29.0 Å². The smallest absolute Gasteiger partial charge is 0.336 e. The SMILES string of the molecule is CCOC(=O)C1=C(C)N=c2[nH]c(=Cc3ccc(-c4cc([N+](=O)[O-])ccc4OC)[nH]3)c(O)c2C1c1ccc(OC)cc1. The second-order valence-corrected chi connectivity index (χ2v) is 9.30. The zero-order chi connectivity index (χ0) is 29.3. The van der Waals surface area contributed by atoms with Crippen LogP contribution in [0.3, 0.4) is 0 Å². The van der Waals surface area contributed by atoms with Crippen molar-refractivity contribution in [3.8, 4) is 28.5 Å². The number of non-ortho nitro benzene ring substituents is 1. The van der Waals surface area contributed by atoms with Gasteiger partial charge < -0.3 is 29.3 Å². The molecule has 11 heteroatoms. The van der Waals surface area contributed by atoms with Gasteiger partial charge in [-0.05, 0) is 55.8 Å². The van der Waals surface area contributed by atoms with Gasteiger partial charge in [-0.2, -0.15) is 0 Å². The molecule has 1 aliphatic rings. The Labute approximate surface area is 234 Å². The fraction of sp³-hybridized carbons (Fsp3) is 0.200. The molecule has 3 N–H and O–H groups in total. The maximum absolute atomic E-state index is 13.1. The number of esters is 1. The van der Waals surface area contributed by atoms with Crippen molar-refractivity contribution in [2.75, 3.05) is 20.8 Å². The van der Waals surface area contributed by atoms with Gasteiger partial charge >= 0.3 is 5.97 Å². The summed E-state index contributed by atoms with van der Waals surface area (Å²) in [4.78, 5) is 34.9. The molecule has 3 heterocycles. The number of nitrogens with one attached hydrogen (secondary N) is 2. The van der Waals surface area contributed by atoms with E-state index in [1.807, 2.05) is 12.1 Å². The molecule has 1 aliphatic heterocycles. The van der Waals surface area contributed by atoms with Crippen molar-refractivity contribution in [1.82, 2.24) is 9.97 Å². The van der Waals surface area contributed by atoms with Gasteiger partial charge in [0.15, 0.2) is 0 Å². The summed E-state index contributed by atoms with van der Waals surface area (Å²) < 4.78 is 16.0. The minimum absolute atomic E-state index is 0.0667. The van der Waals surface area contributed by atoms with E-state index in [9.17, 15) is 20.0 Å². The monoisotopic (exact) mass is 556 g/mol. The van der Waals surface area contributed by atoms with Gasteiger partial charge in [-0.25, -0.2) is 9.79 Å². The number of nitro benzene ring substituents is 1. The van der Waals surface area contributed by atoms with E-state index in [1.165, 1.54) is 19.2 Å². The Morgan fingerprint density at radius 3 is 2.51 bits per heavy atom. The van der Waals surface area contributed by atoms with Gasteiger partial charge in [0.25, 0.3) is 5.69 Å². The number of methoxy groups -OCH3 is 2. The molecular formula is C30H28N4O7. The largest absolute Gasteiger partial charge is 0.505 e. The fourth-order valence-electron chi connectivity index (χ4n) is 4.99. The molecule has 2 aromatic heterocycles. The van der Waals surface area contributed by atoms with E-state index in [1.54, 1.807) is 57.4 Å². The Bertz CT molecular complexity index is 1800. The van der Waals surface area contributed by atoms with Gasteiger partial charge in [-0.3, -0.25) is 10.1 Å². The number of nitro groups is 1. The van der Waals surface area contributed by atoms with Crippen LogP contribution in [-0.4, -0.2) is 46.8 Å². The number of hydrogen-bond donors (Lipinski definition) is 3. The third-order valence-electron chi connectivity index (χ3n) is 6.90. The van der Waals surface area contributed by atoms with Crippen LogP contribution in [0.4, 0.5) is 5.69 Å². The average Bonchev–Trinajstić information content (AvgIpc) is 3.56. The topological polar surface area (TPSA) is 152 Å². The first-order valence-corrected chi connectivity index (χ1v) is 12.8. The Kier molecular flexibility index (Phi) is 7.34. The molecule has 210 valence electrons. The highest BCUT2D eigenvalue weighted by molar-refractivity contribution is 5.92. The summed E-state index contributed by atoms with van der Waals surface area (Å²) in [5.74, 6) is -0.0900. The van der Waals surface area contributed by atoms with Gasteiger partial charge in [0.05, 0.1) is 53.9 Å². The molecule has 1 atom stereocenters. The highest BCUT2D eigenvalue weighted by atomic mass is 16.6. The summed E-state index contributed by atoms with van der Waals surface area (Å²) in [5.41, 5.74) is 4.09. The number of benzene rings is 2. The Balaban J connectivity index is 1.62. The van der Waals surface area contributed by atoms with Crippen molar-refractivity contribution in [2.24, 2.45) is 4.99 Å². The van der Waals surface area contributed by atoms with Gasteiger partial charge in [0.2, 0.25) is 0 Å². The molecule has 0 saturated heterocycles. The molecule has 0 saturated carbocycles. The fourth-order valence-corrected chi connectivity index (χ4v) is 4.99. The van der Waals surface area contributed by atoms with Gasteiger partial charge in [0.1, 0.15) is 22.7 Å². The number of nitrogens with zero attached hydrogens (tertiary/aromatic N) is 2. The van der Waals surface area contributed by atoms with Crippen LogP contribution >= 0.6 is 0 Å². The van der Waals surface area contributed by atoms with Gasteiger partial charge in [0, 0.05) is 29.1 Å². The predicted molar refractivity (Wildman–Crippen MR) is 150 cm³/mol. The molecule has 4 aromatic rings. The molecule has 41 heavy (non-hydrogen) atoms. The third-order valence-corrected chi connectivity index (χ3v) is 6.90. The van der Waals surface area contributed by atoms with E-state index in [0.29, 0.717) is 56.1 Å². The second-order valence-electron chi connectivity index (χ2n) is 9.30. The zero-order valence-electron chi connectivity index (χ0n) is 22.8. The first kappa shape index (κ1) is 27.3. The average molecular weight is 557 g/mol. The lowest BCUT2D eigenvalue weighted by atomic mass is 9.83. The van der Waals surface area contributed by atoms with Crippen molar-refractivity contribution in [1.29, 1.82) is 0 Å². The molecule has 0 radical (unpaired) electrons. The minimum Gasteiger partial charge on any atom is -0.505 e. The summed E-state index contributed by atoms with van der Waals surface area (Å²) in [6, 6.07) is 15.2. The lowest BCUT2D eigenvalue weighted by Gasteiger charge is -2.23. The number of carbonyl (C=O) groups is 1.